The lowest BCUT2D eigenvalue weighted by Crippen LogP contribution is -2.51. The molecule has 4 heterocycles. The van der Waals surface area contributed by atoms with Crippen molar-refractivity contribution in [2.24, 2.45) is 5.41 Å². The number of hydrogen-bond donors (Lipinski definition) is 1. The van der Waals surface area contributed by atoms with E-state index >= 15 is 0 Å². The van der Waals surface area contributed by atoms with E-state index in [1.807, 2.05) is 10.6 Å². The molecule has 0 saturated carbocycles. The zero-order valence-corrected chi connectivity index (χ0v) is 22.5. The number of nitrogens with zero attached hydrogens (tertiary/aromatic N) is 2. The lowest BCUT2D eigenvalue weighted by atomic mass is 9.66. The molecule has 1 fully saturated rings. The molecular formula is C26H34ClN3O5S. The van der Waals surface area contributed by atoms with E-state index in [0.717, 1.165) is 60.9 Å². The number of nitrogens with one attached hydrogen (secondary N) is 1. The summed E-state index contributed by atoms with van der Waals surface area (Å²) in [6.45, 7) is 5.08. The van der Waals surface area contributed by atoms with E-state index in [1.54, 1.807) is 19.2 Å². The highest BCUT2D eigenvalue weighted by Gasteiger charge is 2.51. The summed E-state index contributed by atoms with van der Waals surface area (Å²) in [5.74, 6) is -0.155. The van der Waals surface area contributed by atoms with Gasteiger partial charge in [0, 0.05) is 43.3 Å². The first-order chi connectivity index (χ1) is 17.4. The van der Waals surface area contributed by atoms with E-state index in [2.05, 4.69) is 22.6 Å². The normalized spacial score (nSPS) is 23.4. The molecule has 36 heavy (non-hydrogen) atoms. The van der Waals surface area contributed by atoms with Crippen LogP contribution in [0.3, 0.4) is 0 Å². The standard InChI is InChI=1S/C26H34ClN3O5S/c1-3-26-9-4-12-29-13-8-19-20-16-18(36(32,33)28-11-5-14-34-2)6-7-21(20)30(23(19)24(26)29)22(17-26)25(31)35-15-10-27/h6-7,16-17,24,28H,3-5,8-15H2,1-2H3/t24-,26+/m1/s1. The van der Waals surface area contributed by atoms with Gasteiger partial charge in [-0.3, -0.25) is 4.90 Å². The lowest BCUT2D eigenvalue weighted by Gasteiger charge is -2.53. The van der Waals surface area contributed by atoms with Crippen molar-refractivity contribution in [1.82, 2.24) is 14.2 Å². The Hall–Kier alpha value is -1.91. The zero-order valence-electron chi connectivity index (χ0n) is 20.9. The first kappa shape index (κ1) is 25.7. The topological polar surface area (TPSA) is 89.9 Å². The van der Waals surface area contributed by atoms with E-state index in [0.29, 0.717) is 25.3 Å². The van der Waals surface area contributed by atoms with Gasteiger partial charge >= 0.3 is 5.97 Å². The van der Waals surface area contributed by atoms with Crippen molar-refractivity contribution in [3.05, 3.63) is 35.5 Å². The Morgan fingerprint density at radius 3 is 2.86 bits per heavy atom. The maximum absolute atomic E-state index is 13.3. The van der Waals surface area contributed by atoms with Crippen molar-refractivity contribution in [2.75, 3.05) is 45.8 Å². The number of alkyl halides is 1. The van der Waals surface area contributed by atoms with Gasteiger partial charge in [-0.05, 0) is 68.5 Å². The molecule has 1 aromatic carbocycles. The van der Waals surface area contributed by atoms with Gasteiger partial charge in [0.25, 0.3) is 0 Å². The lowest BCUT2D eigenvalue weighted by molar-refractivity contribution is -0.136. The van der Waals surface area contributed by atoms with Gasteiger partial charge in [-0.15, -0.1) is 11.6 Å². The predicted molar refractivity (Wildman–Crippen MR) is 140 cm³/mol. The van der Waals surface area contributed by atoms with E-state index in [-0.39, 0.29) is 34.8 Å². The molecular weight excluding hydrogens is 502 g/mol. The van der Waals surface area contributed by atoms with Crippen molar-refractivity contribution in [3.8, 4) is 0 Å². The van der Waals surface area contributed by atoms with E-state index in [1.165, 1.54) is 0 Å². The summed E-state index contributed by atoms with van der Waals surface area (Å²) in [5.41, 5.74) is 3.44. The average molecular weight is 536 g/mol. The van der Waals surface area contributed by atoms with Crippen molar-refractivity contribution in [2.45, 2.75) is 50.0 Å². The van der Waals surface area contributed by atoms with Gasteiger partial charge in [0.15, 0.2) is 0 Å². The smallest absolute Gasteiger partial charge is 0.355 e. The van der Waals surface area contributed by atoms with Crippen LogP contribution in [0.4, 0.5) is 0 Å². The van der Waals surface area contributed by atoms with Gasteiger partial charge in [-0.25, -0.2) is 17.9 Å². The van der Waals surface area contributed by atoms with E-state index in [9.17, 15) is 13.2 Å². The number of esters is 1. The molecule has 0 bridgehead atoms. The van der Waals surface area contributed by atoms with Crippen molar-refractivity contribution in [3.63, 3.8) is 0 Å². The Balaban J connectivity index is 1.66. The minimum atomic E-state index is -3.67. The summed E-state index contributed by atoms with van der Waals surface area (Å²) in [4.78, 5) is 16.1. The number of halogens is 1. The molecule has 2 aromatic rings. The van der Waals surface area contributed by atoms with Crippen LogP contribution in [0.1, 0.15) is 49.9 Å². The Morgan fingerprint density at radius 2 is 2.11 bits per heavy atom. The maximum Gasteiger partial charge on any atom is 0.355 e. The highest BCUT2D eigenvalue weighted by Crippen LogP contribution is 2.57. The Labute approximate surface area is 217 Å². The number of sulfonamides is 1. The third kappa shape index (κ3) is 4.19. The van der Waals surface area contributed by atoms with Crippen LogP contribution in [0, 0.1) is 5.41 Å². The number of aromatic nitrogens is 1. The number of rotatable bonds is 10. The highest BCUT2D eigenvalue weighted by atomic mass is 35.5. The van der Waals surface area contributed by atoms with Crippen LogP contribution >= 0.6 is 11.6 Å². The fraction of sp³-hybridized carbons (Fsp3) is 0.577. The molecule has 0 aliphatic carbocycles. The molecule has 8 nitrogen and oxygen atoms in total. The van der Waals surface area contributed by atoms with Crippen molar-refractivity contribution >= 4 is 44.2 Å². The molecule has 3 aliphatic heterocycles. The van der Waals surface area contributed by atoms with Gasteiger partial charge in [0.05, 0.1) is 22.3 Å². The monoisotopic (exact) mass is 535 g/mol. The van der Waals surface area contributed by atoms with Crippen molar-refractivity contribution < 1.29 is 22.7 Å². The largest absolute Gasteiger partial charge is 0.460 e. The average Bonchev–Trinajstić information content (AvgIpc) is 3.23. The minimum absolute atomic E-state index is 0.144. The number of methoxy groups -OCH3 is 1. The molecule has 10 heteroatoms. The van der Waals surface area contributed by atoms with Gasteiger partial charge in [0.2, 0.25) is 10.0 Å². The van der Waals surface area contributed by atoms with Crippen LogP contribution < -0.4 is 4.72 Å². The summed E-state index contributed by atoms with van der Waals surface area (Å²) in [6, 6.07) is 5.37. The highest BCUT2D eigenvalue weighted by molar-refractivity contribution is 7.89. The molecule has 1 N–H and O–H groups in total. The summed E-state index contributed by atoms with van der Waals surface area (Å²) < 4.78 is 41.3. The number of ether oxygens (including phenoxy) is 2. The molecule has 2 atom stereocenters. The first-order valence-electron chi connectivity index (χ1n) is 12.7. The molecule has 1 saturated heterocycles. The second-order valence-electron chi connectivity index (χ2n) is 9.86. The Kier molecular flexibility index (Phi) is 7.22. The summed E-state index contributed by atoms with van der Waals surface area (Å²) in [5, 5.41) is 0.887. The molecule has 0 radical (unpaired) electrons. The molecule has 1 aromatic heterocycles. The molecule has 5 rings (SSSR count). The van der Waals surface area contributed by atoms with Crippen LogP contribution in [-0.4, -0.2) is 69.7 Å². The predicted octanol–water partition coefficient (Wildman–Crippen LogP) is 3.68. The Morgan fingerprint density at radius 1 is 1.28 bits per heavy atom. The second kappa shape index (κ2) is 10.1. The van der Waals surface area contributed by atoms with Crippen LogP contribution in [-0.2, 0) is 30.7 Å². The van der Waals surface area contributed by atoms with Gasteiger partial charge < -0.3 is 14.0 Å². The number of carbonyl (C=O) groups is 1. The quantitative estimate of drug-likeness (QED) is 0.283. The number of carbonyl (C=O) groups excluding carboxylic acids is 1. The summed E-state index contributed by atoms with van der Waals surface area (Å²) >= 11 is 5.81. The fourth-order valence-electron chi connectivity index (χ4n) is 6.34. The number of fused-ring (bicyclic) bond motifs is 3. The third-order valence-electron chi connectivity index (χ3n) is 7.96. The molecule has 0 unspecified atom stereocenters. The number of hydrogen-bond acceptors (Lipinski definition) is 6. The molecule has 196 valence electrons. The van der Waals surface area contributed by atoms with Crippen LogP contribution in [0.2, 0.25) is 0 Å². The zero-order chi connectivity index (χ0) is 25.5. The van der Waals surface area contributed by atoms with Crippen LogP contribution in [0.5, 0.6) is 0 Å². The summed E-state index contributed by atoms with van der Waals surface area (Å²) in [6.07, 6.45) is 6.53. The maximum atomic E-state index is 13.3. The number of piperidine rings is 1. The van der Waals surface area contributed by atoms with E-state index in [4.69, 9.17) is 21.1 Å². The van der Waals surface area contributed by atoms with Gasteiger partial charge in [-0.1, -0.05) is 6.92 Å². The molecule has 0 spiro atoms. The minimum Gasteiger partial charge on any atom is -0.460 e. The summed E-state index contributed by atoms with van der Waals surface area (Å²) in [7, 11) is -2.08. The van der Waals surface area contributed by atoms with Gasteiger partial charge in [-0.2, -0.15) is 0 Å². The van der Waals surface area contributed by atoms with Crippen LogP contribution in [0.25, 0.3) is 16.6 Å². The second-order valence-corrected chi connectivity index (χ2v) is 12.0. The van der Waals surface area contributed by atoms with Gasteiger partial charge in [0.1, 0.15) is 12.3 Å². The van der Waals surface area contributed by atoms with Crippen LogP contribution in [0.15, 0.2) is 29.2 Å². The van der Waals surface area contributed by atoms with Crippen molar-refractivity contribution in [1.29, 1.82) is 0 Å². The number of benzene rings is 1. The fourth-order valence-corrected chi connectivity index (χ4v) is 7.51. The third-order valence-corrected chi connectivity index (χ3v) is 9.57. The SMILES string of the molecule is CC[C@@]12C=C(C(=O)OCCCl)n3c4c(c5cc(S(=O)(=O)NCCCOC)ccc53)CCN(CCC1)[C@H]42. The first-order valence-corrected chi connectivity index (χ1v) is 14.7. The van der Waals surface area contributed by atoms with E-state index < -0.39 is 10.0 Å². The Bertz CT molecular complexity index is 1300. The molecule has 0 amide bonds. The molecule has 3 aliphatic rings.